The number of nitrogens with zero attached hydrogens (tertiary/aromatic N) is 1. The molecule has 0 amide bonds. The van der Waals surface area contributed by atoms with E-state index in [2.05, 4.69) is 4.74 Å². The Labute approximate surface area is 113 Å². The third-order valence-electron chi connectivity index (χ3n) is 2.76. The first-order valence-electron chi connectivity index (χ1n) is 5.46. The molecule has 0 fully saturated rings. The number of esters is 1. The molecular weight excluding hydrogens is 266 g/mol. The number of nitro groups is 1. The van der Waals surface area contributed by atoms with Crippen molar-refractivity contribution < 1.29 is 14.5 Å². The van der Waals surface area contributed by atoms with Crippen molar-refractivity contribution in [2.45, 2.75) is 6.92 Å². The molecule has 0 radical (unpaired) electrons. The number of aryl methyl sites for hydroxylation is 1. The fraction of sp³-hybridized carbons (Fsp3) is 0.154. The zero-order valence-electron chi connectivity index (χ0n) is 10.4. The number of ether oxygens (including phenoxy) is 1. The third-order valence-corrected chi connectivity index (χ3v) is 3.61. The van der Waals surface area contributed by atoms with Gasteiger partial charge in [-0.25, -0.2) is 4.79 Å². The van der Waals surface area contributed by atoms with Gasteiger partial charge in [0.15, 0.2) is 0 Å². The molecule has 0 saturated heterocycles. The Hall–Kier alpha value is -2.21. The van der Waals surface area contributed by atoms with Gasteiger partial charge in [-0.2, -0.15) is 0 Å². The zero-order chi connectivity index (χ0) is 14.0. The molecule has 0 N–H and O–H groups in total. The summed E-state index contributed by atoms with van der Waals surface area (Å²) in [6.45, 7) is 1.90. The molecule has 2 aromatic rings. The smallest absolute Gasteiger partial charge is 0.338 e. The molecule has 1 aromatic heterocycles. The lowest BCUT2D eigenvalue weighted by molar-refractivity contribution is -0.384. The van der Waals surface area contributed by atoms with Gasteiger partial charge in [0, 0.05) is 16.5 Å². The van der Waals surface area contributed by atoms with E-state index >= 15 is 0 Å². The zero-order valence-corrected chi connectivity index (χ0v) is 11.2. The van der Waals surface area contributed by atoms with Crippen LogP contribution in [0.5, 0.6) is 0 Å². The highest BCUT2D eigenvalue weighted by Crippen LogP contribution is 2.35. The first-order valence-corrected chi connectivity index (χ1v) is 6.33. The highest BCUT2D eigenvalue weighted by Gasteiger charge is 2.20. The normalized spacial score (nSPS) is 10.2. The van der Waals surface area contributed by atoms with Crippen LogP contribution in [0.4, 0.5) is 5.69 Å². The van der Waals surface area contributed by atoms with E-state index in [0.717, 1.165) is 10.4 Å². The maximum absolute atomic E-state index is 11.4. The molecule has 0 aliphatic rings. The Morgan fingerprint density at radius 1 is 1.32 bits per heavy atom. The SMILES string of the molecule is COC(=O)c1ccc(-c2ccsc2C)c([N+](=O)[O-])c1. The molecule has 98 valence electrons. The first kappa shape index (κ1) is 13.2. The summed E-state index contributed by atoms with van der Waals surface area (Å²) in [5.41, 5.74) is 1.40. The number of hydrogen-bond donors (Lipinski definition) is 0. The Bertz CT molecular complexity index is 648. The molecule has 19 heavy (non-hydrogen) atoms. The van der Waals surface area contributed by atoms with Gasteiger partial charge in [0.25, 0.3) is 5.69 Å². The summed E-state index contributed by atoms with van der Waals surface area (Å²) in [5, 5.41) is 13.0. The van der Waals surface area contributed by atoms with Crippen molar-refractivity contribution in [1.29, 1.82) is 0 Å². The van der Waals surface area contributed by atoms with Crippen LogP contribution in [0.3, 0.4) is 0 Å². The first-order chi connectivity index (χ1) is 9.04. The van der Waals surface area contributed by atoms with Gasteiger partial charge in [0.1, 0.15) is 0 Å². The molecule has 0 aliphatic heterocycles. The minimum atomic E-state index is -0.586. The van der Waals surface area contributed by atoms with Crippen molar-refractivity contribution in [3.63, 3.8) is 0 Å². The fourth-order valence-electron chi connectivity index (χ4n) is 1.82. The van der Waals surface area contributed by atoms with E-state index < -0.39 is 10.9 Å². The van der Waals surface area contributed by atoms with Crippen LogP contribution in [0.2, 0.25) is 0 Å². The predicted molar refractivity (Wildman–Crippen MR) is 72.5 cm³/mol. The molecule has 6 heteroatoms. The average Bonchev–Trinajstić information content (AvgIpc) is 2.83. The lowest BCUT2D eigenvalue weighted by atomic mass is 10.0. The van der Waals surface area contributed by atoms with Gasteiger partial charge >= 0.3 is 5.97 Å². The van der Waals surface area contributed by atoms with Crippen molar-refractivity contribution in [1.82, 2.24) is 0 Å². The maximum atomic E-state index is 11.4. The molecule has 2 rings (SSSR count). The van der Waals surface area contributed by atoms with E-state index in [1.807, 2.05) is 18.4 Å². The van der Waals surface area contributed by atoms with Crippen LogP contribution >= 0.6 is 11.3 Å². The topological polar surface area (TPSA) is 69.4 Å². The number of hydrogen-bond acceptors (Lipinski definition) is 5. The van der Waals surface area contributed by atoms with Gasteiger partial charge in [0.2, 0.25) is 0 Å². The highest BCUT2D eigenvalue weighted by molar-refractivity contribution is 7.10. The largest absolute Gasteiger partial charge is 0.465 e. The van der Waals surface area contributed by atoms with Crippen LogP contribution in [0, 0.1) is 17.0 Å². The van der Waals surface area contributed by atoms with Crippen molar-refractivity contribution in [2.24, 2.45) is 0 Å². The second kappa shape index (κ2) is 5.19. The summed E-state index contributed by atoms with van der Waals surface area (Å²) in [4.78, 5) is 23.1. The van der Waals surface area contributed by atoms with Crippen LogP contribution in [0.15, 0.2) is 29.6 Å². The van der Waals surface area contributed by atoms with Crippen LogP contribution in [-0.4, -0.2) is 18.0 Å². The summed E-state index contributed by atoms with van der Waals surface area (Å²) in [7, 11) is 1.24. The Morgan fingerprint density at radius 2 is 2.05 bits per heavy atom. The number of carbonyl (C=O) groups excluding carboxylic acids is 1. The number of rotatable bonds is 3. The molecule has 1 heterocycles. The van der Waals surface area contributed by atoms with Gasteiger partial charge in [-0.1, -0.05) is 0 Å². The van der Waals surface area contributed by atoms with Crippen molar-refractivity contribution in [3.8, 4) is 11.1 Å². The van der Waals surface area contributed by atoms with Gasteiger partial charge in [0.05, 0.1) is 23.2 Å². The lowest BCUT2D eigenvalue weighted by Crippen LogP contribution is -2.02. The lowest BCUT2D eigenvalue weighted by Gasteiger charge is -2.05. The van der Waals surface area contributed by atoms with E-state index in [-0.39, 0.29) is 11.3 Å². The van der Waals surface area contributed by atoms with Crippen LogP contribution in [-0.2, 0) is 4.74 Å². The minimum absolute atomic E-state index is 0.0931. The fourth-order valence-corrected chi connectivity index (χ4v) is 2.53. The quantitative estimate of drug-likeness (QED) is 0.489. The summed E-state index contributed by atoms with van der Waals surface area (Å²) in [5.74, 6) is -0.586. The summed E-state index contributed by atoms with van der Waals surface area (Å²) in [6.07, 6.45) is 0. The molecule has 1 aromatic carbocycles. The van der Waals surface area contributed by atoms with Crippen molar-refractivity contribution in [3.05, 3.63) is 50.2 Å². The molecule has 0 bridgehead atoms. The predicted octanol–water partition coefficient (Wildman–Crippen LogP) is 3.42. The van der Waals surface area contributed by atoms with E-state index in [4.69, 9.17) is 0 Å². The van der Waals surface area contributed by atoms with Crippen LogP contribution in [0.25, 0.3) is 11.1 Å². The minimum Gasteiger partial charge on any atom is -0.465 e. The molecule has 0 saturated carbocycles. The van der Waals surface area contributed by atoms with Gasteiger partial charge in [-0.05, 0) is 30.5 Å². The maximum Gasteiger partial charge on any atom is 0.338 e. The van der Waals surface area contributed by atoms with Crippen molar-refractivity contribution in [2.75, 3.05) is 7.11 Å². The summed E-state index contributed by atoms with van der Waals surface area (Å²) >= 11 is 1.52. The molecule has 0 spiro atoms. The number of carbonyl (C=O) groups is 1. The van der Waals surface area contributed by atoms with Gasteiger partial charge < -0.3 is 4.74 Å². The number of nitro benzene ring substituents is 1. The molecule has 0 unspecified atom stereocenters. The monoisotopic (exact) mass is 277 g/mol. The second-order valence-corrected chi connectivity index (χ2v) is 4.99. The van der Waals surface area contributed by atoms with E-state index in [1.54, 1.807) is 6.07 Å². The third kappa shape index (κ3) is 2.48. The summed E-state index contributed by atoms with van der Waals surface area (Å²) < 4.78 is 4.57. The number of methoxy groups -OCH3 is 1. The van der Waals surface area contributed by atoms with E-state index in [1.165, 1.54) is 30.6 Å². The average molecular weight is 277 g/mol. The molecule has 5 nitrogen and oxygen atoms in total. The summed E-state index contributed by atoms with van der Waals surface area (Å²) in [6, 6.07) is 6.20. The van der Waals surface area contributed by atoms with E-state index in [0.29, 0.717) is 5.56 Å². The Morgan fingerprint density at radius 3 is 2.58 bits per heavy atom. The van der Waals surface area contributed by atoms with Gasteiger partial charge in [-0.3, -0.25) is 10.1 Å². The molecular formula is C13H11NO4S. The standard InChI is InChI=1S/C13H11NO4S/c1-8-10(5-6-19-8)11-4-3-9(13(15)18-2)7-12(11)14(16)17/h3-7H,1-2H3. The second-order valence-electron chi connectivity index (χ2n) is 3.87. The van der Waals surface area contributed by atoms with E-state index in [9.17, 15) is 14.9 Å². The molecule has 0 aliphatic carbocycles. The van der Waals surface area contributed by atoms with Crippen LogP contribution < -0.4 is 0 Å². The highest BCUT2D eigenvalue weighted by atomic mass is 32.1. The molecule has 0 atom stereocenters. The number of benzene rings is 1. The van der Waals surface area contributed by atoms with Gasteiger partial charge in [-0.15, -0.1) is 11.3 Å². The van der Waals surface area contributed by atoms with Crippen molar-refractivity contribution >= 4 is 23.0 Å². The Balaban J connectivity index is 2.60. The Kier molecular flexibility index (Phi) is 3.62. The van der Waals surface area contributed by atoms with Crippen LogP contribution in [0.1, 0.15) is 15.2 Å². The number of thiophene rings is 1.